The van der Waals surface area contributed by atoms with Gasteiger partial charge in [-0.3, -0.25) is 14.4 Å². The summed E-state index contributed by atoms with van der Waals surface area (Å²) in [6, 6.07) is 0. The Morgan fingerprint density at radius 1 is 0.923 bits per heavy atom. The highest BCUT2D eigenvalue weighted by atomic mass is 16.3. The molecule has 1 aliphatic heterocycles. The first-order chi connectivity index (χ1) is 12.3. The third kappa shape index (κ3) is 3.66. The van der Waals surface area contributed by atoms with Crippen LogP contribution in [0.25, 0.3) is 0 Å². The van der Waals surface area contributed by atoms with Crippen LogP contribution in [0.3, 0.4) is 0 Å². The van der Waals surface area contributed by atoms with Gasteiger partial charge < -0.3 is 20.2 Å². The van der Waals surface area contributed by atoms with Crippen molar-refractivity contribution in [2.75, 3.05) is 6.54 Å². The van der Waals surface area contributed by atoms with E-state index in [0.29, 0.717) is 32.2 Å². The Hall–Kier alpha value is -2.57. The lowest BCUT2D eigenvalue weighted by molar-refractivity contribution is -0.128. The molecule has 0 saturated carbocycles. The Balaban J connectivity index is 2.63. The van der Waals surface area contributed by atoms with E-state index in [0.717, 1.165) is 0 Å². The molecule has 1 aliphatic rings. The van der Waals surface area contributed by atoms with Gasteiger partial charge in [0.15, 0.2) is 11.6 Å². The summed E-state index contributed by atoms with van der Waals surface area (Å²) in [4.78, 5) is 38.1. The van der Waals surface area contributed by atoms with Crippen molar-refractivity contribution in [2.45, 2.75) is 58.9 Å². The normalized spacial score (nSPS) is 14.1. The number of carbonyl (C=O) groups excluding carboxylic acids is 3. The van der Waals surface area contributed by atoms with E-state index in [1.54, 1.807) is 13.8 Å². The summed E-state index contributed by atoms with van der Waals surface area (Å²) >= 11 is 0. The fourth-order valence-corrected chi connectivity index (χ4v) is 3.21. The molecule has 26 heavy (non-hydrogen) atoms. The molecule has 0 unspecified atom stereocenters. The summed E-state index contributed by atoms with van der Waals surface area (Å²) in [6.45, 7) is 3.91. The van der Waals surface area contributed by atoms with Gasteiger partial charge in [-0.2, -0.15) is 0 Å². The van der Waals surface area contributed by atoms with Gasteiger partial charge in [0.1, 0.15) is 28.4 Å². The Morgan fingerprint density at radius 2 is 1.42 bits per heavy atom. The molecule has 1 amide bonds. The van der Waals surface area contributed by atoms with Crippen LogP contribution >= 0.6 is 0 Å². The fourth-order valence-electron chi connectivity index (χ4n) is 3.21. The molecule has 3 N–H and O–H groups in total. The fraction of sp³-hybridized carbons (Fsp3) is 0.526. The van der Waals surface area contributed by atoms with Gasteiger partial charge in [0, 0.05) is 25.8 Å². The zero-order chi connectivity index (χ0) is 19.4. The number of likely N-dealkylation sites (tertiary alicyclic amines) is 1. The number of amides is 1. The highest BCUT2D eigenvalue weighted by Crippen LogP contribution is 2.44. The second kappa shape index (κ2) is 8.21. The first kappa shape index (κ1) is 19.8. The summed E-state index contributed by atoms with van der Waals surface area (Å²) in [5, 5.41) is 31.5. The number of aromatic hydroxyl groups is 3. The molecular formula is C19H25NO6. The minimum atomic E-state index is -0.687. The van der Waals surface area contributed by atoms with Gasteiger partial charge in [0.2, 0.25) is 5.91 Å². The second-order valence-electron chi connectivity index (χ2n) is 6.54. The summed E-state index contributed by atoms with van der Waals surface area (Å²) in [6.07, 6.45) is 2.20. The van der Waals surface area contributed by atoms with Crippen LogP contribution in [0.2, 0.25) is 0 Å². The van der Waals surface area contributed by atoms with Crippen LogP contribution in [0.5, 0.6) is 17.2 Å². The standard InChI is InChI=1S/C19H25NO6/c1-3-6-12(21)15-17(24)11(10-20-9-5-8-14(20)23)18(25)16(19(15)26)13(22)7-4-2/h24-26H,3-10H2,1-2H3. The van der Waals surface area contributed by atoms with Crippen LogP contribution in [-0.2, 0) is 11.3 Å². The lowest BCUT2D eigenvalue weighted by Gasteiger charge is -2.21. The van der Waals surface area contributed by atoms with E-state index in [1.807, 2.05) is 0 Å². The molecule has 0 atom stereocenters. The molecule has 0 aliphatic carbocycles. The molecule has 1 fully saturated rings. The number of nitrogens with zero attached hydrogens (tertiary/aromatic N) is 1. The van der Waals surface area contributed by atoms with Crippen LogP contribution in [0.15, 0.2) is 0 Å². The molecule has 0 aromatic heterocycles. The van der Waals surface area contributed by atoms with Crippen molar-refractivity contribution in [3.8, 4) is 17.2 Å². The monoisotopic (exact) mass is 363 g/mol. The number of benzene rings is 1. The van der Waals surface area contributed by atoms with E-state index >= 15 is 0 Å². The smallest absolute Gasteiger partial charge is 0.222 e. The third-order valence-electron chi connectivity index (χ3n) is 4.55. The topological polar surface area (TPSA) is 115 Å². The number of Topliss-reactive ketones (excluding diaryl/α,β-unsaturated/α-hetero) is 2. The maximum absolute atomic E-state index is 12.4. The summed E-state index contributed by atoms with van der Waals surface area (Å²) in [7, 11) is 0. The van der Waals surface area contributed by atoms with Gasteiger partial charge in [-0.1, -0.05) is 13.8 Å². The molecule has 1 aromatic rings. The van der Waals surface area contributed by atoms with Crippen molar-refractivity contribution in [3.63, 3.8) is 0 Å². The zero-order valence-corrected chi connectivity index (χ0v) is 15.2. The Labute approximate surface area is 152 Å². The van der Waals surface area contributed by atoms with Crippen molar-refractivity contribution >= 4 is 17.5 Å². The first-order valence-electron chi connectivity index (χ1n) is 8.97. The number of phenolic OH excluding ortho intramolecular Hbond substituents is 3. The average Bonchev–Trinajstić information content (AvgIpc) is 2.97. The minimum absolute atomic E-state index is 0.0723. The number of ketones is 2. The lowest BCUT2D eigenvalue weighted by Crippen LogP contribution is -2.24. The number of hydrogen-bond donors (Lipinski definition) is 3. The first-order valence-corrected chi connectivity index (χ1v) is 8.97. The van der Waals surface area contributed by atoms with Crippen LogP contribution < -0.4 is 0 Å². The summed E-state index contributed by atoms with van der Waals surface area (Å²) in [5.41, 5.74) is -0.784. The van der Waals surface area contributed by atoms with Crippen LogP contribution in [0.1, 0.15) is 78.7 Å². The predicted octanol–water partition coefficient (Wildman–Crippen LogP) is 2.89. The molecule has 0 spiro atoms. The van der Waals surface area contributed by atoms with Gasteiger partial charge >= 0.3 is 0 Å². The number of phenols is 3. The Kier molecular flexibility index (Phi) is 6.23. The minimum Gasteiger partial charge on any atom is -0.507 e. The molecule has 1 aromatic carbocycles. The molecule has 142 valence electrons. The van der Waals surface area contributed by atoms with E-state index in [-0.39, 0.29) is 42.0 Å². The van der Waals surface area contributed by atoms with Crippen molar-refractivity contribution in [2.24, 2.45) is 0 Å². The molecule has 7 nitrogen and oxygen atoms in total. The van der Waals surface area contributed by atoms with E-state index < -0.39 is 28.8 Å². The van der Waals surface area contributed by atoms with Gasteiger partial charge in [-0.05, 0) is 19.3 Å². The van der Waals surface area contributed by atoms with Crippen LogP contribution in [0, 0.1) is 0 Å². The molecule has 7 heteroatoms. The highest BCUT2D eigenvalue weighted by molar-refractivity contribution is 6.09. The largest absolute Gasteiger partial charge is 0.507 e. The highest BCUT2D eigenvalue weighted by Gasteiger charge is 2.32. The molecule has 0 radical (unpaired) electrons. The van der Waals surface area contributed by atoms with E-state index in [9.17, 15) is 29.7 Å². The van der Waals surface area contributed by atoms with Crippen molar-refractivity contribution in [1.29, 1.82) is 0 Å². The summed E-state index contributed by atoms with van der Waals surface area (Å²) < 4.78 is 0. The Bertz CT molecular complexity index is 695. The summed E-state index contributed by atoms with van der Waals surface area (Å²) in [5.74, 6) is -2.96. The lowest BCUT2D eigenvalue weighted by atomic mass is 9.92. The predicted molar refractivity (Wildman–Crippen MR) is 94.6 cm³/mol. The van der Waals surface area contributed by atoms with Gasteiger partial charge in [0.25, 0.3) is 0 Å². The van der Waals surface area contributed by atoms with Gasteiger partial charge in [0.05, 0.1) is 12.1 Å². The van der Waals surface area contributed by atoms with Crippen molar-refractivity contribution in [3.05, 3.63) is 16.7 Å². The molecule has 1 heterocycles. The molecule has 2 rings (SSSR count). The quantitative estimate of drug-likeness (QED) is 0.612. The number of carbonyl (C=O) groups is 3. The van der Waals surface area contributed by atoms with Crippen LogP contribution in [0.4, 0.5) is 0 Å². The number of hydrogen-bond acceptors (Lipinski definition) is 6. The van der Waals surface area contributed by atoms with Crippen molar-refractivity contribution < 1.29 is 29.7 Å². The molecular weight excluding hydrogens is 338 g/mol. The van der Waals surface area contributed by atoms with Gasteiger partial charge in [-0.15, -0.1) is 0 Å². The van der Waals surface area contributed by atoms with E-state index in [2.05, 4.69) is 0 Å². The third-order valence-corrected chi connectivity index (χ3v) is 4.55. The van der Waals surface area contributed by atoms with Crippen LogP contribution in [-0.4, -0.2) is 44.2 Å². The van der Waals surface area contributed by atoms with Crippen molar-refractivity contribution in [1.82, 2.24) is 4.90 Å². The van der Waals surface area contributed by atoms with E-state index in [1.165, 1.54) is 4.90 Å². The maximum Gasteiger partial charge on any atom is 0.222 e. The maximum atomic E-state index is 12.4. The average molecular weight is 363 g/mol. The van der Waals surface area contributed by atoms with Gasteiger partial charge in [-0.25, -0.2) is 0 Å². The molecule has 1 saturated heterocycles. The Morgan fingerprint density at radius 3 is 1.81 bits per heavy atom. The molecule has 0 bridgehead atoms. The van der Waals surface area contributed by atoms with E-state index in [4.69, 9.17) is 0 Å². The zero-order valence-electron chi connectivity index (χ0n) is 15.2. The number of rotatable bonds is 8. The second-order valence-corrected chi connectivity index (χ2v) is 6.54. The SMILES string of the molecule is CCCC(=O)c1c(O)c(CN2CCCC2=O)c(O)c(C(=O)CCC)c1O.